The van der Waals surface area contributed by atoms with Crippen molar-refractivity contribution in [1.82, 2.24) is 14.7 Å². The second-order valence-corrected chi connectivity index (χ2v) is 8.19. The normalized spacial score (nSPS) is 16.2. The Morgan fingerprint density at radius 1 is 0.806 bits per heavy atom. The Bertz CT molecular complexity index is 1000. The minimum Gasteiger partial charge on any atom is -0.338 e. The number of nitrogens with zero attached hydrogens (tertiary/aromatic N) is 3. The molecule has 2 aliphatic heterocycles. The molecule has 7 heteroatoms. The minimum absolute atomic E-state index is 0.0530. The number of hydrogen-bond acceptors (Lipinski definition) is 4. The molecule has 1 fully saturated rings. The molecular weight excluding hydrogens is 394 g/mol. The molecule has 1 saturated heterocycles. The fourth-order valence-corrected chi connectivity index (χ4v) is 3.97. The van der Waals surface area contributed by atoms with Crippen LogP contribution in [0.4, 0.5) is 0 Å². The molecule has 0 N–H and O–H groups in total. The van der Waals surface area contributed by atoms with Crippen LogP contribution in [0.25, 0.3) is 0 Å². The van der Waals surface area contributed by atoms with Crippen LogP contribution in [0.3, 0.4) is 0 Å². The van der Waals surface area contributed by atoms with Crippen molar-refractivity contribution in [2.24, 2.45) is 0 Å². The van der Waals surface area contributed by atoms with E-state index in [0.29, 0.717) is 48.8 Å². The zero-order chi connectivity index (χ0) is 22.1. The summed E-state index contributed by atoms with van der Waals surface area (Å²) in [4.78, 5) is 54.8. The summed E-state index contributed by atoms with van der Waals surface area (Å²) in [5.74, 6) is -0.813. The molecule has 0 atom stereocenters. The number of fused-ring (bicyclic) bond motifs is 1. The van der Waals surface area contributed by atoms with Gasteiger partial charge in [0, 0.05) is 31.7 Å². The molecule has 160 valence electrons. The Hall–Kier alpha value is -3.48. The van der Waals surface area contributed by atoms with Crippen LogP contribution in [0.15, 0.2) is 48.5 Å². The third-order valence-electron chi connectivity index (χ3n) is 5.92. The monoisotopic (exact) mass is 419 g/mol. The number of imide groups is 1. The number of carbonyl (C=O) groups excluding carboxylic acids is 4. The molecule has 0 radical (unpaired) electrons. The van der Waals surface area contributed by atoms with Crippen molar-refractivity contribution in [3.63, 3.8) is 0 Å². The van der Waals surface area contributed by atoms with Gasteiger partial charge >= 0.3 is 0 Å². The van der Waals surface area contributed by atoms with Gasteiger partial charge in [-0.1, -0.05) is 38.1 Å². The van der Waals surface area contributed by atoms with E-state index in [9.17, 15) is 19.2 Å². The maximum absolute atomic E-state index is 12.8. The van der Waals surface area contributed by atoms with Crippen molar-refractivity contribution in [2.75, 3.05) is 32.7 Å². The zero-order valence-electron chi connectivity index (χ0n) is 17.7. The van der Waals surface area contributed by atoms with Gasteiger partial charge in [-0.05, 0) is 35.7 Å². The van der Waals surface area contributed by atoms with Gasteiger partial charge in [-0.25, -0.2) is 0 Å². The lowest BCUT2D eigenvalue weighted by Gasteiger charge is -2.35. The summed E-state index contributed by atoms with van der Waals surface area (Å²) in [6.07, 6.45) is 0. The molecule has 4 amide bonds. The summed E-state index contributed by atoms with van der Waals surface area (Å²) in [5, 5.41) is 0. The van der Waals surface area contributed by atoms with Gasteiger partial charge < -0.3 is 9.80 Å². The molecule has 2 aliphatic rings. The van der Waals surface area contributed by atoms with Crippen LogP contribution in [-0.4, -0.2) is 71.1 Å². The second-order valence-electron chi connectivity index (χ2n) is 8.19. The summed E-state index contributed by atoms with van der Waals surface area (Å²) in [5.41, 5.74) is 2.48. The molecule has 0 bridgehead atoms. The number of rotatable bonds is 4. The summed E-state index contributed by atoms with van der Waals surface area (Å²) in [6, 6.07) is 14.2. The van der Waals surface area contributed by atoms with Gasteiger partial charge in [-0.2, -0.15) is 0 Å². The molecule has 2 aromatic rings. The molecule has 4 rings (SSSR count). The maximum Gasteiger partial charge on any atom is 0.262 e. The molecule has 0 aliphatic carbocycles. The van der Waals surface area contributed by atoms with E-state index >= 15 is 0 Å². The molecular formula is C24H25N3O4. The standard InChI is InChI=1S/C24H25N3O4/c1-16(2)17-7-9-18(10-8-17)22(29)26-13-11-25(12-14-26)21(28)15-27-23(30)19-5-3-4-6-20(19)24(27)31/h3-10,16H,11-15H2,1-2H3. The van der Waals surface area contributed by atoms with Crippen molar-refractivity contribution >= 4 is 23.6 Å². The zero-order valence-corrected chi connectivity index (χ0v) is 17.7. The largest absolute Gasteiger partial charge is 0.338 e. The summed E-state index contributed by atoms with van der Waals surface area (Å²) >= 11 is 0. The van der Waals surface area contributed by atoms with Crippen molar-refractivity contribution in [3.05, 3.63) is 70.8 Å². The maximum atomic E-state index is 12.8. The highest BCUT2D eigenvalue weighted by molar-refractivity contribution is 6.22. The van der Waals surface area contributed by atoms with Crippen LogP contribution in [-0.2, 0) is 4.79 Å². The van der Waals surface area contributed by atoms with Crippen molar-refractivity contribution in [1.29, 1.82) is 0 Å². The topological polar surface area (TPSA) is 78.0 Å². The Kier molecular flexibility index (Phi) is 5.59. The SMILES string of the molecule is CC(C)c1ccc(C(=O)N2CCN(C(=O)CN3C(=O)c4ccccc4C3=O)CC2)cc1. The lowest BCUT2D eigenvalue weighted by Crippen LogP contribution is -2.53. The average Bonchev–Trinajstić information content (AvgIpc) is 3.03. The smallest absolute Gasteiger partial charge is 0.262 e. The van der Waals surface area contributed by atoms with E-state index in [0.717, 1.165) is 4.90 Å². The highest BCUT2D eigenvalue weighted by atomic mass is 16.2. The molecule has 31 heavy (non-hydrogen) atoms. The first-order valence-corrected chi connectivity index (χ1v) is 10.5. The lowest BCUT2D eigenvalue weighted by molar-refractivity contribution is -0.132. The fraction of sp³-hybridized carbons (Fsp3) is 0.333. The first kappa shape index (κ1) is 20.8. The molecule has 0 aromatic heterocycles. The van der Waals surface area contributed by atoms with Gasteiger partial charge in [0.25, 0.3) is 17.7 Å². The minimum atomic E-state index is -0.437. The van der Waals surface area contributed by atoms with Crippen LogP contribution in [0.5, 0.6) is 0 Å². The second kappa shape index (κ2) is 8.34. The first-order chi connectivity index (χ1) is 14.9. The van der Waals surface area contributed by atoms with Crippen LogP contribution < -0.4 is 0 Å². The van der Waals surface area contributed by atoms with Gasteiger partial charge in [-0.3, -0.25) is 24.1 Å². The molecule has 0 saturated carbocycles. The summed E-state index contributed by atoms with van der Waals surface area (Å²) in [6.45, 7) is 5.51. The van der Waals surface area contributed by atoms with Gasteiger partial charge in [-0.15, -0.1) is 0 Å². The van der Waals surface area contributed by atoms with Crippen molar-refractivity contribution < 1.29 is 19.2 Å². The van der Waals surface area contributed by atoms with E-state index in [2.05, 4.69) is 13.8 Å². The molecule has 2 heterocycles. The van der Waals surface area contributed by atoms with Crippen LogP contribution in [0.2, 0.25) is 0 Å². The Morgan fingerprint density at radius 3 is 1.84 bits per heavy atom. The van der Waals surface area contributed by atoms with Crippen LogP contribution >= 0.6 is 0 Å². The van der Waals surface area contributed by atoms with E-state index in [-0.39, 0.29) is 18.4 Å². The van der Waals surface area contributed by atoms with E-state index in [4.69, 9.17) is 0 Å². The molecule has 0 spiro atoms. The number of carbonyl (C=O) groups is 4. The van der Waals surface area contributed by atoms with Crippen LogP contribution in [0.1, 0.15) is 56.4 Å². The molecule has 2 aromatic carbocycles. The van der Waals surface area contributed by atoms with Gasteiger partial charge in [0.15, 0.2) is 0 Å². The van der Waals surface area contributed by atoms with E-state index < -0.39 is 11.8 Å². The quantitative estimate of drug-likeness (QED) is 0.713. The average molecular weight is 419 g/mol. The summed E-state index contributed by atoms with van der Waals surface area (Å²) < 4.78 is 0. The lowest BCUT2D eigenvalue weighted by atomic mass is 10.0. The third kappa shape index (κ3) is 3.95. The Balaban J connectivity index is 1.34. The third-order valence-corrected chi connectivity index (χ3v) is 5.92. The van der Waals surface area contributed by atoms with Crippen molar-refractivity contribution in [2.45, 2.75) is 19.8 Å². The highest BCUT2D eigenvalue weighted by Gasteiger charge is 2.37. The van der Waals surface area contributed by atoms with E-state index in [1.165, 1.54) is 5.56 Å². The van der Waals surface area contributed by atoms with E-state index in [1.807, 2.05) is 24.3 Å². The Labute approximate surface area is 181 Å². The molecule has 0 unspecified atom stereocenters. The van der Waals surface area contributed by atoms with Crippen molar-refractivity contribution in [3.8, 4) is 0 Å². The van der Waals surface area contributed by atoms with E-state index in [1.54, 1.807) is 34.1 Å². The van der Waals surface area contributed by atoms with Crippen LogP contribution in [0, 0.1) is 0 Å². The first-order valence-electron chi connectivity index (χ1n) is 10.5. The fourth-order valence-electron chi connectivity index (χ4n) is 3.97. The number of hydrogen-bond donors (Lipinski definition) is 0. The van der Waals surface area contributed by atoms with Gasteiger partial charge in [0.2, 0.25) is 5.91 Å². The summed E-state index contributed by atoms with van der Waals surface area (Å²) in [7, 11) is 0. The predicted octanol–water partition coefficient (Wildman–Crippen LogP) is 2.39. The van der Waals surface area contributed by atoms with Gasteiger partial charge in [0.1, 0.15) is 6.54 Å². The Morgan fingerprint density at radius 2 is 1.32 bits per heavy atom. The highest BCUT2D eigenvalue weighted by Crippen LogP contribution is 2.22. The predicted molar refractivity (Wildman–Crippen MR) is 115 cm³/mol. The van der Waals surface area contributed by atoms with Gasteiger partial charge in [0.05, 0.1) is 11.1 Å². The number of amides is 4. The molecule has 7 nitrogen and oxygen atoms in total. The number of piperazine rings is 1. The number of benzene rings is 2.